The molecular weight excluding hydrogens is 354 g/mol. The molecule has 0 aromatic rings. The molecule has 0 aromatic carbocycles. The van der Waals surface area contributed by atoms with Gasteiger partial charge in [0.2, 0.25) is 0 Å². The Morgan fingerprint density at radius 2 is 0.741 bits per heavy atom. The molecule has 0 spiro atoms. The molecule has 9 heteroatoms. The molecule has 1 rings (SSSR count). The lowest BCUT2D eigenvalue weighted by atomic mass is 9.63. The van der Waals surface area contributed by atoms with E-state index < -0.39 is 38.4 Å². The van der Waals surface area contributed by atoms with Crippen LogP contribution in [-0.4, -0.2) is 38.4 Å². The van der Waals surface area contributed by atoms with Crippen molar-refractivity contribution in [2.45, 2.75) is 116 Å². The predicted molar refractivity (Wildman–Crippen MR) is 108 cm³/mol. The van der Waals surface area contributed by atoms with Gasteiger partial charge in [0.25, 0.3) is 0 Å². The van der Waals surface area contributed by atoms with Crippen molar-refractivity contribution in [1.82, 2.24) is 0 Å². The molecule has 1 heterocycles. The minimum absolute atomic E-state index is 0.429. The van der Waals surface area contributed by atoms with Gasteiger partial charge in [-0.15, -0.1) is 0 Å². The SMILES string of the molecule is CC(C)(F)CCCB1OB(CCCC(C)(C)F)OB(CCCC(C)(C)F)O1. The summed E-state index contributed by atoms with van der Waals surface area (Å²) in [5.74, 6) is 0. The van der Waals surface area contributed by atoms with Crippen molar-refractivity contribution in [3.63, 3.8) is 0 Å². The number of alkyl halides is 3. The van der Waals surface area contributed by atoms with E-state index in [1.54, 1.807) is 41.5 Å². The summed E-state index contributed by atoms with van der Waals surface area (Å²) in [5, 5.41) is 0. The van der Waals surface area contributed by atoms with Crippen LogP contribution in [0.5, 0.6) is 0 Å². The van der Waals surface area contributed by atoms with E-state index in [1.807, 2.05) is 0 Å². The second-order valence-corrected chi connectivity index (χ2v) is 9.53. The first kappa shape index (κ1) is 24.9. The Morgan fingerprint density at radius 1 is 0.519 bits per heavy atom. The van der Waals surface area contributed by atoms with Crippen LogP contribution in [0, 0.1) is 0 Å². The lowest BCUT2D eigenvalue weighted by Crippen LogP contribution is -2.48. The summed E-state index contributed by atoms with van der Waals surface area (Å²) in [4.78, 5) is 0. The van der Waals surface area contributed by atoms with Gasteiger partial charge >= 0.3 is 21.4 Å². The third-order valence-electron chi connectivity index (χ3n) is 4.54. The molecule has 0 bridgehead atoms. The summed E-state index contributed by atoms with van der Waals surface area (Å²) in [6.07, 6.45) is 4.94. The van der Waals surface area contributed by atoms with E-state index in [-0.39, 0.29) is 0 Å². The molecule has 3 nitrogen and oxygen atoms in total. The summed E-state index contributed by atoms with van der Waals surface area (Å²) < 4.78 is 58.5. The Kier molecular flexibility index (Phi) is 9.76. The maximum absolute atomic E-state index is 13.7. The minimum atomic E-state index is -1.22. The van der Waals surface area contributed by atoms with E-state index in [0.29, 0.717) is 57.5 Å². The normalized spacial score (nSPS) is 17.0. The molecule has 0 radical (unpaired) electrons. The molecular formula is C18H36B3F3O3. The van der Waals surface area contributed by atoms with Crippen molar-refractivity contribution in [3.8, 4) is 0 Å². The first-order chi connectivity index (χ1) is 12.2. The number of halogens is 3. The van der Waals surface area contributed by atoms with Crippen LogP contribution < -0.4 is 0 Å². The first-order valence-electron chi connectivity index (χ1n) is 10.3. The molecule has 1 aliphatic heterocycles. The van der Waals surface area contributed by atoms with Crippen LogP contribution in [0.2, 0.25) is 19.0 Å². The summed E-state index contributed by atoms with van der Waals surface area (Å²) in [6.45, 7) is 9.34. The Balaban J connectivity index is 2.51. The van der Waals surface area contributed by atoms with Crippen LogP contribution in [-0.2, 0) is 13.7 Å². The Hall–Kier alpha value is -0.135. The highest BCUT2D eigenvalue weighted by atomic mass is 19.2. The van der Waals surface area contributed by atoms with Gasteiger partial charge in [-0.1, -0.05) is 19.3 Å². The average molecular weight is 390 g/mol. The molecule has 1 fully saturated rings. The smallest absolute Gasteiger partial charge is 0.429 e. The highest BCUT2D eigenvalue weighted by molar-refractivity contribution is 6.73. The average Bonchev–Trinajstić information content (AvgIpc) is 2.43. The van der Waals surface area contributed by atoms with Gasteiger partial charge in [0.1, 0.15) is 17.0 Å². The van der Waals surface area contributed by atoms with Crippen molar-refractivity contribution >= 4 is 21.4 Å². The zero-order valence-electron chi connectivity index (χ0n) is 18.0. The first-order valence-corrected chi connectivity index (χ1v) is 10.3. The Bertz CT molecular complexity index is 355. The summed E-state index contributed by atoms with van der Waals surface area (Å²) in [5.41, 5.74) is -3.66. The van der Waals surface area contributed by atoms with Gasteiger partial charge in [0.15, 0.2) is 0 Å². The zero-order valence-corrected chi connectivity index (χ0v) is 18.0. The number of hydrogen-bond acceptors (Lipinski definition) is 3. The highest BCUT2D eigenvalue weighted by Gasteiger charge is 2.40. The number of rotatable bonds is 12. The standard InChI is InChI=1S/C18H36B3F3O3/c1-16(2,22)10-7-13-19-25-20(14-8-11-17(3,4)23)27-21(26-19)15-9-12-18(5,6)24/h7-15H2,1-6H3. The topological polar surface area (TPSA) is 27.7 Å². The molecule has 0 unspecified atom stereocenters. The maximum atomic E-state index is 13.7. The van der Waals surface area contributed by atoms with Crippen molar-refractivity contribution in [3.05, 3.63) is 0 Å². The Labute approximate surface area is 164 Å². The molecule has 156 valence electrons. The fourth-order valence-corrected chi connectivity index (χ4v) is 3.08. The second-order valence-electron chi connectivity index (χ2n) is 9.53. The minimum Gasteiger partial charge on any atom is -0.453 e. The fraction of sp³-hybridized carbons (Fsp3) is 1.00. The highest BCUT2D eigenvalue weighted by Crippen LogP contribution is 2.26. The van der Waals surface area contributed by atoms with E-state index >= 15 is 0 Å². The van der Waals surface area contributed by atoms with Crippen LogP contribution in [0.1, 0.15) is 80.1 Å². The zero-order chi connectivity index (χ0) is 20.7. The maximum Gasteiger partial charge on any atom is 0.429 e. The molecule has 0 amide bonds. The molecule has 0 N–H and O–H groups in total. The predicted octanol–water partition coefficient (Wildman–Crippen LogP) is 6.10. The molecule has 0 atom stereocenters. The van der Waals surface area contributed by atoms with Crippen molar-refractivity contribution in [2.75, 3.05) is 0 Å². The third-order valence-corrected chi connectivity index (χ3v) is 4.54. The lowest BCUT2D eigenvalue weighted by molar-refractivity contribution is 0.195. The monoisotopic (exact) mass is 390 g/mol. The van der Waals surface area contributed by atoms with Crippen molar-refractivity contribution in [2.24, 2.45) is 0 Å². The fourth-order valence-electron chi connectivity index (χ4n) is 3.08. The van der Waals surface area contributed by atoms with Crippen LogP contribution in [0.4, 0.5) is 13.2 Å². The summed E-state index contributed by atoms with van der Waals surface area (Å²) in [6, 6.07) is 0. The van der Waals surface area contributed by atoms with E-state index in [2.05, 4.69) is 0 Å². The van der Waals surface area contributed by atoms with Crippen molar-refractivity contribution in [1.29, 1.82) is 0 Å². The van der Waals surface area contributed by atoms with E-state index in [0.717, 1.165) is 0 Å². The van der Waals surface area contributed by atoms with Gasteiger partial charge in [-0.2, -0.15) is 0 Å². The molecule has 1 saturated heterocycles. The van der Waals surface area contributed by atoms with Crippen molar-refractivity contribution < 1.29 is 26.9 Å². The summed E-state index contributed by atoms with van der Waals surface area (Å²) >= 11 is 0. The lowest BCUT2D eigenvalue weighted by Gasteiger charge is -2.32. The van der Waals surface area contributed by atoms with Gasteiger partial charge in [-0.3, -0.25) is 0 Å². The van der Waals surface area contributed by atoms with E-state index in [1.165, 1.54) is 0 Å². The second kappa shape index (κ2) is 10.6. The van der Waals surface area contributed by atoms with Crippen LogP contribution >= 0.6 is 0 Å². The van der Waals surface area contributed by atoms with Gasteiger partial charge in [0.05, 0.1) is 0 Å². The third kappa shape index (κ3) is 13.6. The summed E-state index contributed by atoms with van der Waals surface area (Å²) in [7, 11) is -1.39. The Morgan fingerprint density at radius 3 is 0.926 bits per heavy atom. The molecule has 0 aliphatic carbocycles. The van der Waals surface area contributed by atoms with Crippen LogP contribution in [0.25, 0.3) is 0 Å². The van der Waals surface area contributed by atoms with Gasteiger partial charge < -0.3 is 13.7 Å². The molecule has 0 saturated carbocycles. The van der Waals surface area contributed by atoms with E-state index in [9.17, 15) is 13.2 Å². The molecule has 0 aromatic heterocycles. The van der Waals surface area contributed by atoms with Crippen LogP contribution in [0.15, 0.2) is 0 Å². The largest absolute Gasteiger partial charge is 0.453 e. The van der Waals surface area contributed by atoms with Crippen LogP contribution in [0.3, 0.4) is 0 Å². The molecule has 27 heavy (non-hydrogen) atoms. The van der Waals surface area contributed by atoms with Gasteiger partial charge in [-0.05, 0) is 79.8 Å². The quantitative estimate of drug-likeness (QED) is 0.377. The van der Waals surface area contributed by atoms with Gasteiger partial charge in [-0.25, -0.2) is 13.2 Å². The number of hydrogen-bond donors (Lipinski definition) is 0. The van der Waals surface area contributed by atoms with E-state index in [4.69, 9.17) is 13.7 Å². The van der Waals surface area contributed by atoms with Gasteiger partial charge in [0, 0.05) is 0 Å². The molecule has 1 aliphatic rings.